The van der Waals surface area contributed by atoms with Crippen LogP contribution >= 0.6 is 11.6 Å². The van der Waals surface area contributed by atoms with Crippen LogP contribution in [0.1, 0.15) is 10.5 Å². The first-order chi connectivity index (χ1) is 9.10. The van der Waals surface area contributed by atoms with Gasteiger partial charge in [-0.15, -0.1) is 0 Å². The van der Waals surface area contributed by atoms with E-state index in [1.165, 1.54) is 29.1 Å². The van der Waals surface area contributed by atoms with Crippen LogP contribution in [0.2, 0.25) is 5.02 Å². The van der Waals surface area contributed by atoms with Crippen LogP contribution in [0.5, 0.6) is 5.75 Å². The number of aromatic nitrogens is 2. The Bertz CT molecular complexity index is 602. The Kier molecular flexibility index (Phi) is 3.98. The summed E-state index contributed by atoms with van der Waals surface area (Å²) >= 11 is 5.81. The van der Waals surface area contributed by atoms with Gasteiger partial charge in [0.15, 0.2) is 12.4 Å². The van der Waals surface area contributed by atoms with E-state index in [4.69, 9.17) is 22.2 Å². The molecule has 0 aliphatic rings. The van der Waals surface area contributed by atoms with Crippen LogP contribution in [0, 0.1) is 5.82 Å². The van der Waals surface area contributed by atoms with Crippen molar-refractivity contribution >= 4 is 17.5 Å². The van der Waals surface area contributed by atoms with Crippen molar-refractivity contribution in [2.75, 3.05) is 0 Å². The molecule has 1 aromatic carbocycles. The molecule has 0 spiro atoms. The summed E-state index contributed by atoms with van der Waals surface area (Å²) in [6.07, 6.45) is 1.41. The SMILES string of the molecule is NNC(=O)c1nn(COc2cccc(F)c2)cc1Cl. The molecule has 100 valence electrons. The number of hydrogen-bond donors (Lipinski definition) is 2. The molecule has 19 heavy (non-hydrogen) atoms. The number of nitrogens with two attached hydrogens (primary N) is 1. The Morgan fingerprint density at radius 3 is 3.05 bits per heavy atom. The van der Waals surface area contributed by atoms with Crippen LogP contribution in [0.3, 0.4) is 0 Å². The topological polar surface area (TPSA) is 82.2 Å². The second-order valence-electron chi connectivity index (χ2n) is 3.57. The number of amides is 1. The van der Waals surface area contributed by atoms with Crippen molar-refractivity contribution in [1.82, 2.24) is 15.2 Å². The van der Waals surface area contributed by atoms with E-state index in [-0.39, 0.29) is 17.4 Å². The van der Waals surface area contributed by atoms with Gasteiger partial charge in [0.2, 0.25) is 0 Å². The highest BCUT2D eigenvalue weighted by molar-refractivity contribution is 6.33. The van der Waals surface area contributed by atoms with Crippen molar-refractivity contribution in [1.29, 1.82) is 0 Å². The Hall–Kier alpha value is -2.12. The first-order valence-corrected chi connectivity index (χ1v) is 5.60. The molecule has 0 radical (unpaired) electrons. The van der Waals surface area contributed by atoms with Gasteiger partial charge in [-0.2, -0.15) is 5.10 Å². The highest BCUT2D eigenvalue weighted by Crippen LogP contribution is 2.15. The Balaban J connectivity index is 2.06. The van der Waals surface area contributed by atoms with E-state index >= 15 is 0 Å². The maximum absolute atomic E-state index is 12.9. The number of halogens is 2. The predicted octanol–water partition coefficient (Wildman–Crippen LogP) is 1.32. The second-order valence-corrected chi connectivity index (χ2v) is 3.98. The number of hydrogen-bond acceptors (Lipinski definition) is 4. The van der Waals surface area contributed by atoms with Gasteiger partial charge in [0, 0.05) is 12.3 Å². The van der Waals surface area contributed by atoms with E-state index in [1.807, 2.05) is 5.43 Å². The summed E-state index contributed by atoms with van der Waals surface area (Å²) in [6.45, 7) is -0.0129. The molecule has 0 saturated carbocycles. The molecule has 2 rings (SSSR count). The fraction of sp³-hybridized carbons (Fsp3) is 0.0909. The maximum atomic E-state index is 12.9. The highest BCUT2D eigenvalue weighted by Gasteiger charge is 2.14. The van der Waals surface area contributed by atoms with Gasteiger partial charge < -0.3 is 4.74 Å². The lowest BCUT2D eigenvalue weighted by Gasteiger charge is -2.05. The predicted molar refractivity (Wildman–Crippen MR) is 65.9 cm³/mol. The lowest BCUT2D eigenvalue weighted by Crippen LogP contribution is -2.30. The molecule has 0 aliphatic heterocycles. The average molecular weight is 285 g/mol. The lowest BCUT2D eigenvalue weighted by molar-refractivity contribution is 0.0946. The minimum Gasteiger partial charge on any atom is -0.471 e. The van der Waals surface area contributed by atoms with E-state index in [9.17, 15) is 9.18 Å². The summed E-state index contributed by atoms with van der Waals surface area (Å²) in [5.41, 5.74) is 1.92. The molecule has 0 saturated heterocycles. The van der Waals surface area contributed by atoms with E-state index in [1.54, 1.807) is 6.07 Å². The van der Waals surface area contributed by atoms with Gasteiger partial charge in [0.25, 0.3) is 5.91 Å². The molecule has 2 aromatic rings. The van der Waals surface area contributed by atoms with Gasteiger partial charge in [0.05, 0.1) is 5.02 Å². The van der Waals surface area contributed by atoms with Gasteiger partial charge in [-0.1, -0.05) is 17.7 Å². The fourth-order valence-corrected chi connectivity index (χ4v) is 1.62. The molecule has 1 heterocycles. The molecule has 0 bridgehead atoms. The quantitative estimate of drug-likeness (QED) is 0.504. The fourth-order valence-electron chi connectivity index (χ4n) is 1.38. The molecule has 8 heteroatoms. The van der Waals surface area contributed by atoms with Crippen LogP contribution < -0.4 is 16.0 Å². The summed E-state index contributed by atoms with van der Waals surface area (Å²) in [6, 6.07) is 5.66. The van der Waals surface area contributed by atoms with E-state index in [0.717, 1.165) is 0 Å². The summed E-state index contributed by atoms with van der Waals surface area (Å²) in [5.74, 6) is 4.32. The number of carbonyl (C=O) groups excluding carboxylic acids is 1. The maximum Gasteiger partial charge on any atom is 0.287 e. The van der Waals surface area contributed by atoms with Crippen LogP contribution in [0.25, 0.3) is 0 Å². The molecule has 1 aromatic heterocycles. The van der Waals surface area contributed by atoms with Crippen LogP contribution in [0.15, 0.2) is 30.5 Å². The highest BCUT2D eigenvalue weighted by atomic mass is 35.5. The first kappa shape index (κ1) is 13.3. The van der Waals surface area contributed by atoms with E-state index in [2.05, 4.69) is 5.10 Å². The summed E-state index contributed by atoms with van der Waals surface area (Å²) < 4.78 is 19.5. The summed E-state index contributed by atoms with van der Waals surface area (Å²) in [5, 5.41) is 4.04. The van der Waals surface area contributed by atoms with Crippen molar-refractivity contribution in [3.05, 3.63) is 47.0 Å². The van der Waals surface area contributed by atoms with Crippen LogP contribution in [-0.2, 0) is 6.73 Å². The van der Waals surface area contributed by atoms with Gasteiger partial charge >= 0.3 is 0 Å². The average Bonchev–Trinajstić information content (AvgIpc) is 2.77. The van der Waals surface area contributed by atoms with Crippen molar-refractivity contribution in [3.63, 3.8) is 0 Å². The molecule has 1 amide bonds. The minimum atomic E-state index is -0.602. The third kappa shape index (κ3) is 3.21. The number of ether oxygens (including phenoxy) is 1. The number of nitrogens with one attached hydrogen (secondary N) is 1. The zero-order valence-corrected chi connectivity index (χ0v) is 10.4. The number of hydrazine groups is 1. The number of carbonyl (C=O) groups is 1. The number of benzene rings is 1. The molecule has 0 fully saturated rings. The van der Waals surface area contributed by atoms with Crippen molar-refractivity contribution in [2.45, 2.75) is 6.73 Å². The van der Waals surface area contributed by atoms with E-state index < -0.39 is 11.7 Å². The smallest absolute Gasteiger partial charge is 0.287 e. The second kappa shape index (κ2) is 5.68. The lowest BCUT2D eigenvalue weighted by atomic mass is 10.3. The molecule has 6 nitrogen and oxygen atoms in total. The minimum absolute atomic E-state index is 0.00740. The number of nitrogens with zero attached hydrogens (tertiary/aromatic N) is 2. The Labute approximate surface area is 112 Å². The van der Waals surface area contributed by atoms with Crippen molar-refractivity contribution in [2.24, 2.45) is 5.84 Å². The molecule has 3 N–H and O–H groups in total. The zero-order valence-electron chi connectivity index (χ0n) is 9.64. The molecule has 0 aliphatic carbocycles. The standard InChI is InChI=1S/C11H10ClFN4O2/c12-9-5-17(16-10(9)11(18)15-14)6-19-8-3-1-2-7(13)4-8/h1-5H,6,14H2,(H,15,18). The largest absolute Gasteiger partial charge is 0.471 e. The third-order valence-corrected chi connectivity index (χ3v) is 2.50. The van der Waals surface area contributed by atoms with Crippen molar-refractivity contribution < 1.29 is 13.9 Å². The zero-order chi connectivity index (χ0) is 13.8. The van der Waals surface area contributed by atoms with Crippen molar-refractivity contribution in [3.8, 4) is 5.75 Å². The molecular weight excluding hydrogens is 275 g/mol. The van der Waals surface area contributed by atoms with Gasteiger partial charge in [-0.25, -0.2) is 14.9 Å². The molecule has 0 atom stereocenters. The van der Waals surface area contributed by atoms with Gasteiger partial charge in [-0.05, 0) is 12.1 Å². The van der Waals surface area contributed by atoms with Gasteiger partial charge in [0.1, 0.15) is 11.6 Å². The number of nitrogen functional groups attached to an aromatic ring is 1. The van der Waals surface area contributed by atoms with E-state index in [0.29, 0.717) is 5.75 Å². The van der Waals surface area contributed by atoms with Crippen LogP contribution in [0.4, 0.5) is 4.39 Å². The third-order valence-electron chi connectivity index (χ3n) is 2.22. The summed E-state index contributed by atoms with van der Waals surface area (Å²) in [4.78, 5) is 11.3. The van der Waals surface area contributed by atoms with Gasteiger partial charge in [-0.3, -0.25) is 10.2 Å². The summed E-state index contributed by atoms with van der Waals surface area (Å²) in [7, 11) is 0. The molecule has 0 unspecified atom stereocenters. The Morgan fingerprint density at radius 1 is 1.58 bits per heavy atom. The first-order valence-electron chi connectivity index (χ1n) is 5.22. The number of rotatable bonds is 4. The Morgan fingerprint density at radius 2 is 2.37 bits per heavy atom. The normalized spacial score (nSPS) is 10.3. The van der Waals surface area contributed by atoms with Crippen LogP contribution in [-0.4, -0.2) is 15.7 Å². The molecular formula is C11H10ClFN4O2. The monoisotopic (exact) mass is 284 g/mol.